The van der Waals surface area contributed by atoms with Crippen LogP contribution in [0.4, 0.5) is 4.79 Å². The molecular formula is C26H33N3O4. The van der Waals surface area contributed by atoms with Gasteiger partial charge in [-0.25, -0.2) is 4.79 Å². The van der Waals surface area contributed by atoms with Crippen molar-refractivity contribution < 1.29 is 19.0 Å². The normalized spacial score (nSPS) is 12.9. The van der Waals surface area contributed by atoms with E-state index in [0.717, 1.165) is 16.8 Å². The van der Waals surface area contributed by atoms with Crippen LogP contribution in [0.5, 0.6) is 0 Å². The Morgan fingerprint density at radius 2 is 1.85 bits per heavy atom. The van der Waals surface area contributed by atoms with Gasteiger partial charge in [-0.05, 0) is 30.4 Å². The highest BCUT2D eigenvalue weighted by Crippen LogP contribution is 2.31. The Labute approximate surface area is 196 Å². The third kappa shape index (κ3) is 6.48. The molecule has 0 radical (unpaired) electrons. The largest absolute Gasteiger partial charge is 0.511 e. The number of carbonyl (C=O) groups is 1. The number of aryl methyl sites for hydroxylation is 2. The highest BCUT2D eigenvalue weighted by atomic mass is 16.8. The molecule has 0 bridgehead atoms. The summed E-state index contributed by atoms with van der Waals surface area (Å²) in [4.78, 5) is 11.9. The molecule has 1 aromatic heterocycles. The lowest BCUT2D eigenvalue weighted by atomic mass is 9.86. The second-order valence-corrected chi connectivity index (χ2v) is 9.01. The Kier molecular flexibility index (Phi) is 8.47. The van der Waals surface area contributed by atoms with E-state index in [1.807, 2.05) is 45.0 Å². The van der Waals surface area contributed by atoms with Crippen LogP contribution in [-0.4, -0.2) is 29.3 Å². The van der Waals surface area contributed by atoms with Gasteiger partial charge in [-0.2, -0.15) is 10.4 Å². The Morgan fingerprint density at radius 1 is 1.21 bits per heavy atom. The van der Waals surface area contributed by atoms with Crippen LogP contribution in [-0.2, 0) is 26.7 Å². The molecule has 0 saturated heterocycles. The van der Waals surface area contributed by atoms with Crippen molar-refractivity contribution in [1.82, 2.24) is 9.78 Å². The third-order valence-corrected chi connectivity index (χ3v) is 5.36. The minimum Gasteiger partial charge on any atom is -0.454 e. The zero-order valence-electron chi connectivity index (χ0n) is 20.6. The number of ether oxygens (including phenoxy) is 3. The number of rotatable bonds is 8. The number of hydrogen-bond acceptors (Lipinski definition) is 6. The monoisotopic (exact) mass is 451 g/mol. The maximum atomic E-state index is 11.9. The van der Waals surface area contributed by atoms with Gasteiger partial charge in [0.2, 0.25) is 6.79 Å². The molecule has 0 saturated carbocycles. The number of benzene rings is 1. The summed E-state index contributed by atoms with van der Waals surface area (Å²) in [5.41, 5.74) is 4.47. The van der Waals surface area contributed by atoms with Crippen LogP contribution in [0.1, 0.15) is 55.8 Å². The summed E-state index contributed by atoms with van der Waals surface area (Å²) in [6.45, 7) is 15.5. The lowest BCUT2D eigenvalue weighted by Crippen LogP contribution is -2.15. The zero-order chi connectivity index (χ0) is 24.8. The van der Waals surface area contributed by atoms with Gasteiger partial charge in [-0.15, -0.1) is 6.58 Å². The van der Waals surface area contributed by atoms with E-state index in [1.54, 1.807) is 17.8 Å². The van der Waals surface area contributed by atoms with Crippen LogP contribution in [0.25, 0.3) is 11.3 Å². The van der Waals surface area contributed by atoms with Crippen LogP contribution >= 0.6 is 0 Å². The van der Waals surface area contributed by atoms with E-state index in [2.05, 4.69) is 38.5 Å². The molecule has 0 aliphatic carbocycles. The molecular weight excluding hydrogens is 418 g/mol. The lowest BCUT2D eigenvalue weighted by Gasteiger charge is -2.19. The van der Waals surface area contributed by atoms with Gasteiger partial charge in [-0.3, -0.25) is 4.68 Å². The molecule has 0 aliphatic rings. The molecule has 7 heteroatoms. The molecule has 33 heavy (non-hydrogen) atoms. The van der Waals surface area contributed by atoms with Crippen molar-refractivity contribution >= 4 is 17.5 Å². The number of nitrogens with zero attached hydrogens (tertiary/aromatic N) is 3. The fraction of sp³-hybridized carbons (Fsp3) is 0.423. The minimum atomic E-state index is -0.853. The average molecular weight is 452 g/mol. The molecule has 1 atom stereocenters. The summed E-state index contributed by atoms with van der Waals surface area (Å²) < 4.78 is 17.6. The summed E-state index contributed by atoms with van der Waals surface area (Å²) in [5, 5.41) is 14.5. The number of carbonyl (C=O) groups excluding carboxylic acids is 1. The van der Waals surface area contributed by atoms with Gasteiger partial charge >= 0.3 is 6.16 Å². The van der Waals surface area contributed by atoms with Crippen molar-refractivity contribution in [3.05, 3.63) is 65.0 Å². The molecule has 2 rings (SSSR count). The molecule has 1 aromatic carbocycles. The van der Waals surface area contributed by atoms with Crippen molar-refractivity contribution in [3.63, 3.8) is 0 Å². The van der Waals surface area contributed by atoms with Crippen molar-refractivity contribution in [3.8, 4) is 6.07 Å². The zero-order valence-corrected chi connectivity index (χ0v) is 20.6. The average Bonchev–Trinajstić information content (AvgIpc) is 3.02. The Bertz CT molecular complexity index is 1070. The highest BCUT2D eigenvalue weighted by molar-refractivity contribution is 5.94. The molecule has 7 nitrogen and oxygen atoms in total. The predicted octanol–water partition coefficient (Wildman–Crippen LogP) is 5.68. The maximum Gasteiger partial charge on any atom is 0.511 e. The Hall–Kier alpha value is -3.53. The number of aromatic nitrogens is 2. The molecule has 1 heterocycles. The van der Waals surface area contributed by atoms with Crippen LogP contribution in [0.15, 0.2) is 36.9 Å². The molecule has 0 aliphatic heterocycles. The fourth-order valence-corrected chi connectivity index (χ4v) is 3.17. The number of nitriles is 1. The molecule has 176 valence electrons. The van der Waals surface area contributed by atoms with Crippen molar-refractivity contribution in [2.24, 2.45) is 13.0 Å². The van der Waals surface area contributed by atoms with E-state index in [0.29, 0.717) is 16.8 Å². The van der Waals surface area contributed by atoms with Gasteiger partial charge in [0.1, 0.15) is 23.9 Å². The minimum absolute atomic E-state index is 0.00949. The van der Waals surface area contributed by atoms with E-state index in [1.165, 1.54) is 0 Å². The summed E-state index contributed by atoms with van der Waals surface area (Å²) in [6, 6.07) is 10.0. The first-order chi connectivity index (χ1) is 15.5. The Morgan fingerprint density at radius 3 is 2.33 bits per heavy atom. The van der Waals surface area contributed by atoms with Gasteiger partial charge in [0.25, 0.3) is 0 Å². The molecule has 1 unspecified atom stereocenters. The molecule has 0 N–H and O–H groups in total. The first-order valence-corrected chi connectivity index (χ1v) is 10.8. The summed E-state index contributed by atoms with van der Waals surface area (Å²) >= 11 is 0. The molecule has 0 fully saturated rings. The first-order valence-electron chi connectivity index (χ1n) is 10.8. The first kappa shape index (κ1) is 25.7. The van der Waals surface area contributed by atoms with Crippen LogP contribution < -0.4 is 0 Å². The van der Waals surface area contributed by atoms with Gasteiger partial charge in [0.05, 0.1) is 5.69 Å². The van der Waals surface area contributed by atoms with Gasteiger partial charge in [0.15, 0.2) is 5.76 Å². The Balaban J connectivity index is 2.39. The highest BCUT2D eigenvalue weighted by Gasteiger charge is 2.22. The predicted molar refractivity (Wildman–Crippen MR) is 128 cm³/mol. The molecule has 0 amide bonds. The summed E-state index contributed by atoms with van der Waals surface area (Å²) in [5.74, 6) is 0.295. The number of allylic oxidation sites excluding steroid dienone is 1. The fourth-order valence-electron chi connectivity index (χ4n) is 3.17. The smallest absolute Gasteiger partial charge is 0.454 e. The van der Waals surface area contributed by atoms with E-state index < -0.39 is 12.9 Å². The van der Waals surface area contributed by atoms with Crippen molar-refractivity contribution in [1.29, 1.82) is 5.26 Å². The van der Waals surface area contributed by atoms with Crippen LogP contribution in [0.2, 0.25) is 0 Å². The van der Waals surface area contributed by atoms with Crippen molar-refractivity contribution in [2.45, 2.75) is 47.0 Å². The van der Waals surface area contributed by atoms with Crippen LogP contribution in [0.3, 0.4) is 0 Å². The van der Waals surface area contributed by atoms with E-state index in [9.17, 15) is 10.1 Å². The number of hydrogen-bond donors (Lipinski definition) is 0. The third-order valence-electron chi connectivity index (χ3n) is 5.36. The lowest BCUT2D eigenvalue weighted by molar-refractivity contribution is -0.00835. The summed E-state index contributed by atoms with van der Waals surface area (Å²) in [7, 11) is 1.78. The van der Waals surface area contributed by atoms with E-state index in [4.69, 9.17) is 14.2 Å². The second kappa shape index (κ2) is 10.9. The van der Waals surface area contributed by atoms with Crippen molar-refractivity contribution in [2.75, 3.05) is 13.4 Å². The topological polar surface area (TPSA) is 86.4 Å². The standard InChI is InChI=1S/C26H33N3O4/c1-9-17(2)15-31-25(30)33-16-32-24(23-18(3)19(4)28-29(23)8)22(14-27)20-10-12-21(13-11-20)26(5,6)7/h9-13,17H,1,15-16H2,2-8H3/b24-22-. The van der Waals surface area contributed by atoms with Gasteiger partial charge in [0, 0.05) is 18.5 Å². The second-order valence-electron chi connectivity index (χ2n) is 9.01. The van der Waals surface area contributed by atoms with Crippen LogP contribution in [0, 0.1) is 31.1 Å². The van der Waals surface area contributed by atoms with E-state index in [-0.39, 0.29) is 23.7 Å². The van der Waals surface area contributed by atoms with E-state index >= 15 is 0 Å². The summed E-state index contributed by atoms with van der Waals surface area (Å²) in [6.07, 6.45) is 0.830. The quantitative estimate of drug-likeness (QED) is 0.169. The molecule has 0 spiro atoms. The van der Waals surface area contributed by atoms with Gasteiger partial charge < -0.3 is 14.2 Å². The SMILES string of the molecule is C=CC(C)COC(=O)OCO/C(=C(/C#N)c1ccc(C(C)(C)C)cc1)c1c(C)c(C)nn1C. The van der Waals surface area contributed by atoms with Gasteiger partial charge in [-0.1, -0.05) is 58.0 Å². The maximum absolute atomic E-state index is 11.9. The molecule has 2 aromatic rings.